The van der Waals surface area contributed by atoms with Gasteiger partial charge in [-0.05, 0) is 48.2 Å². The topological polar surface area (TPSA) is 78.4 Å². The lowest BCUT2D eigenvalue weighted by molar-refractivity contribution is -0.117. The maximum Gasteiger partial charge on any atom is 0.224 e. The number of aromatic hydroxyl groups is 1. The summed E-state index contributed by atoms with van der Waals surface area (Å²) in [5.74, 6) is 0.369. The average Bonchev–Trinajstić information content (AvgIpc) is 2.55. The molecule has 0 heterocycles. The third kappa shape index (κ3) is 6.30. The van der Waals surface area contributed by atoms with Gasteiger partial charge < -0.3 is 15.7 Å². The fraction of sp³-hybridized carbons (Fsp3) is 0.300. The van der Waals surface area contributed by atoms with E-state index in [1.807, 2.05) is 19.9 Å². The number of aryl methyl sites for hydroxylation is 1. The van der Waals surface area contributed by atoms with Crippen LogP contribution in [0.1, 0.15) is 32.3 Å². The predicted octanol–water partition coefficient (Wildman–Crippen LogP) is 3.95. The lowest BCUT2D eigenvalue weighted by Gasteiger charge is -2.09. The summed E-state index contributed by atoms with van der Waals surface area (Å²) in [6, 6.07) is 14.0. The Morgan fingerprint density at radius 3 is 2.04 bits per heavy atom. The van der Waals surface area contributed by atoms with Gasteiger partial charge in [0.1, 0.15) is 5.75 Å². The summed E-state index contributed by atoms with van der Waals surface area (Å²) in [6.07, 6.45) is 1.23. The van der Waals surface area contributed by atoms with Gasteiger partial charge in [0.05, 0.1) is 0 Å². The maximum absolute atomic E-state index is 12.0. The number of rotatable bonds is 7. The molecule has 0 bridgehead atoms. The Kier molecular flexibility index (Phi) is 6.57. The molecule has 5 heteroatoms. The summed E-state index contributed by atoms with van der Waals surface area (Å²) in [4.78, 5) is 23.8. The highest BCUT2D eigenvalue weighted by atomic mass is 16.3. The molecule has 132 valence electrons. The Balaban J connectivity index is 1.83. The number of carbonyl (C=O) groups is 2. The van der Waals surface area contributed by atoms with Crippen LogP contribution in [-0.4, -0.2) is 16.9 Å². The third-order valence-electron chi connectivity index (χ3n) is 3.66. The number of anilines is 2. The first kappa shape index (κ1) is 18.5. The zero-order valence-electron chi connectivity index (χ0n) is 14.6. The number of phenols is 1. The smallest absolute Gasteiger partial charge is 0.224 e. The molecule has 0 spiro atoms. The van der Waals surface area contributed by atoms with Crippen LogP contribution in [-0.2, 0) is 16.0 Å². The van der Waals surface area contributed by atoms with Crippen molar-refractivity contribution in [2.24, 2.45) is 5.92 Å². The fourth-order valence-electron chi connectivity index (χ4n) is 2.41. The Morgan fingerprint density at radius 2 is 1.48 bits per heavy atom. The first-order valence-electron chi connectivity index (χ1n) is 8.40. The number of carbonyl (C=O) groups excluding carboxylic acids is 2. The molecule has 0 aromatic heterocycles. The number of amides is 2. The van der Waals surface area contributed by atoms with Crippen molar-refractivity contribution in [3.63, 3.8) is 0 Å². The third-order valence-corrected chi connectivity index (χ3v) is 3.66. The van der Waals surface area contributed by atoms with E-state index in [2.05, 4.69) is 10.6 Å². The predicted molar refractivity (Wildman–Crippen MR) is 99.6 cm³/mol. The van der Waals surface area contributed by atoms with E-state index in [-0.39, 0.29) is 24.0 Å². The number of hydrogen-bond acceptors (Lipinski definition) is 3. The van der Waals surface area contributed by atoms with Crippen molar-refractivity contribution in [1.29, 1.82) is 0 Å². The van der Waals surface area contributed by atoms with E-state index in [1.165, 1.54) is 0 Å². The van der Waals surface area contributed by atoms with Gasteiger partial charge in [-0.3, -0.25) is 9.59 Å². The standard InChI is InChI=1S/C20H24N2O3/c1-14(2)13-20(25)22-17-10-8-16(9-11-17)21-19(24)12-7-15-5-3-4-6-18(15)23/h3-6,8-11,14,23H,7,12-13H2,1-2H3,(H,21,24)(H,22,25). The summed E-state index contributed by atoms with van der Waals surface area (Å²) >= 11 is 0. The number of phenolic OH excluding ortho intramolecular Hbond substituents is 1. The highest BCUT2D eigenvalue weighted by Gasteiger charge is 2.07. The molecule has 0 fully saturated rings. The molecule has 0 radical (unpaired) electrons. The molecule has 0 saturated carbocycles. The molecule has 0 saturated heterocycles. The van der Waals surface area contributed by atoms with E-state index < -0.39 is 0 Å². The Labute approximate surface area is 148 Å². The molecular weight excluding hydrogens is 316 g/mol. The molecule has 0 atom stereocenters. The van der Waals surface area contributed by atoms with Gasteiger partial charge in [0.15, 0.2) is 0 Å². The van der Waals surface area contributed by atoms with Gasteiger partial charge in [-0.1, -0.05) is 32.0 Å². The molecule has 0 aliphatic carbocycles. The van der Waals surface area contributed by atoms with Crippen LogP contribution < -0.4 is 10.6 Å². The Hall–Kier alpha value is -2.82. The minimum absolute atomic E-state index is 0.0190. The molecule has 0 aliphatic heterocycles. The molecule has 2 aromatic carbocycles. The zero-order valence-corrected chi connectivity index (χ0v) is 14.6. The quantitative estimate of drug-likeness (QED) is 0.714. The van der Waals surface area contributed by atoms with Gasteiger partial charge >= 0.3 is 0 Å². The van der Waals surface area contributed by atoms with Crippen molar-refractivity contribution in [2.75, 3.05) is 10.6 Å². The van der Waals surface area contributed by atoms with Crippen LogP contribution >= 0.6 is 0 Å². The van der Waals surface area contributed by atoms with Crippen LogP contribution in [0.5, 0.6) is 5.75 Å². The number of benzene rings is 2. The average molecular weight is 340 g/mol. The highest BCUT2D eigenvalue weighted by molar-refractivity contribution is 5.93. The van der Waals surface area contributed by atoms with Gasteiger partial charge in [-0.15, -0.1) is 0 Å². The van der Waals surface area contributed by atoms with E-state index in [0.717, 1.165) is 5.56 Å². The second kappa shape index (κ2) is 8.87. The summed E-state index contributed by atoms with van der Waals surface area (Å²) in [6.45, 7) is 3.99. The Bertz CT molecular complexity index is 724. The molecule has 2 aromatic rings. The zero-order chi connectivity index (χ0) is 18.2. The van der Waals surface area contributed by atoms with Gasteiger partial charge in [0.2, 0.25) is 11.8 Å². The van der Waals surface area contributed by atoms with E-state index in [0.29, 0.717) is 30.1 Å². The monoisotopic (exact) mass is 340 g/mol. The van der Waals surface area contributed by atoms with E-state index in [4.69, 9.17) is 0 Å². The highest BCUT2D eigenvalue weighted by Crippen LogP contribution is 2.18. The second-order valence-electron chi connectivity index (χ2n) is 6.40. The van der Waals surface area contributed by atoms with Crippen LogP contribution in [0.25, 0.3) is 0 Å². The minimum atomic E-state index is -0.125. The summed E-state index contributed by atoms with van der Waals surface area (Å²) in [5, 5.41) is 15.3. The van der Waals surface area contributed by atoms with Gasteiger partial charge in [-0.25, -0.2) is 0 Å². The van der Waals surface area contributed by atoms with Crippen molar-refractivity contribution in [2.45, 2.75) is 33.1 Å². The minimum Gasteiger partial charge on any atom is -0.508 e. The van der Waals surface area contributed by atoms with Crippen LogP contribution in [0.4, 0.5) is 11.4 Å². The summed E-state index contributed by atoms with van der Waals surface area (Å²) in [5.41, 5.74) is 2.13. The van der Waals surface area contributed by atoms with E-state index in [9.17, 15) is 14.7 Å². The molecule has 5 nitrogen and oxygen atoms in total. The molecule has 3 N–H and O–H groups in total. The van der Waals surface area contributed by atoms with Crippen LogP contribution in [0.3, 0.4) is 0 Å². The maximum atomic E-state index is 12.0. The molecular formula is C20H24N2O3. The fourth-order valence-corrected chi connectivity index (χ4v) is 2.41. The van der Waals surface area contributed by atoms with Crippen molar-refractivity contribution in [3.8, 4) is 5.75 Å². The van der Waals surface area contributed by atoms with E-state index >= 15 is 0 Å². The van der Waals surface area contributed by atoms with Crippen LogP contribution in [0, 0.1) is 5.92 Å². The molecule has 0 unspecified atom stereocenters. The normalized spacial score (nSPS) is 10.5. The molecule has 2 rings (SSSR count). The lowest BCUT2D eigenvalue weighted by atomic mass is 10.1. The van der Waals surface area contributed by atoms with Gasteiger partial charge in [-0.2, -0.15) is 0 Å². The van der Waals surface area contributed by atoms with Gasteiger partial charge in [0.25, 0.3) is 0 Å². The molecule has 0 aliphatic rings. The first-order valence-corrected chi connectivity index (χ1v) is 8.40. The number of para-hydroxylation sites is 1. The summed E-state index contributed by atoms with van der Waals surface area (Å²) < 4.78 is 0. The van der Waals surface area contributed by atoms with Crippen molar-refractivity contribution in [3.05, 3.63) is 54.1 Å². The van der Waals surface area contributed by atoms with Crippen molar-refractivity contribution in [1.82, 2.24) is 0 Å². The van der Waals surface area contributed by atoms with Gasteiger partial charge in [0, 0.05) is 24.2 Å². The SMILES string of the molecule is CC(C)CC(=O)Nc1ccc(NC(=O)CCc2ccccc2O)cc1. The Morgan fingerprint density at radius 1 is 0.920 bits per heavy atom. The number of hydrogen-bond donors (Lipinski definition) is 3. The first-order chi connectivity index (χ1) is 11.9. The number of nitrogens with one attached hydrogen (secondary N) is 2. The van der Waals surface area contributed by atoms with Crippen molar-refractivity contribution >= 4 is 23.2 Å². The lowest BCUT2D eigenvalue weighted by Crippen LogP contribution is -2.14. The largest absolute Gasteiger partial charge is 0.508 e. The molecule has 25 heavy (non-hydrogen) atoms. The van der Waals surface area contributed by atoms with Crippen molar-refractivity contribution < 1.29 is 14.7 Å². The second-order valence-corrected chi connectivity index (χ2v) is 6.40. The van der Waals surface area contributed by atoms with Crippen LogP contribution in [0.15, 0.2) is 48.5 Å². The van der Waals surface area contributed by atoms with Crippen LogP contribution in [0.2, 0.25) is 0 Å². The van der Waals surface area contributed by atoms with E-state index in [1.54, 1.807) is 42.5 Å². The summed E-state index contributed by atoms with van der Waals surface area (Å²) in [7, 11) is 0. The molecule has 2 amide bonds.